The molecule has 0 saturated carbocycles. The third-order valence-electron chi connectivity index (χ3n) is 3.19. The van der Waals surface area contributed by atoms with Crippen molar-refractivity contribution in [1.29, 1.82) is 0 Å². The summed E-state index contributed by atoms with van der Waals surface area (Å²) >= 11 is 7.15. The number of hydrogen-bond donors (Lipinski definition) is 1. The Balaban J connectivity index is 2.12. The summed E-state index contributed by atoms with van der Waals surface area (Å²) in [7, 11) is 0. The summed E-state index contributed by atoms with van der Waals surface area (Å²) < 4.78 is 1.18. The van der Waals surface area contributed by atoms with E-state index in [1.54, 1.807) is 11.8 Å². The van der Waals surface area contributed by atoms with E-state index >= 15 is 0 Å². The van der Waals surface area contributed by atoms with Crippen LogP contribution >= 0.6 is 39.0 Å². The smallest absolute Gasteiger partial charge is 0.0368 e. The Labute approximate surface area is 138 Å². The molecule has 1 aromatic carbocycles. The zero-order valence-corrected chi connectivity index (χ0v) is 15.1. The van der Waals surface area contributed by atoms with Crippen molar-refractivity contribution in [2.24, 2.45) is 0 Å². The average molecular weight is 370 g/mol. The van der Waals surface area contributed by atoms with Crippen LogP contribution in [-0.2, 0) is 6.42 Å². The van der Waals surface area contributed by atoms with Crippen LogP contribution in [0.3, 0.4) is 0 Å². The molecule has 0 spiro atoms. The number of rotatable bonds is 7. The highest BCUT2D eigenvalue weighted by Gasteiger charge is 2.12. The Morgan fingerprint density at radius 2 is 2.05 bits per heavy atom. The van der Waals surface area contributed by atoms with Crippen LogP contribution in [0.1, 0.15) is 29.8 Å². The fraction of sp³-hybridized carbons (Fsp3) is 0.375. The molecule has 0 amide bonds. The van der Waals surface area contributed by atoms with E-state index < -0.39 is 0 Å². The Kier molecular flexibility index (Phi) is 6.62. The van der Waals surface area contributed by atoms with E-state index in [0.29, 0.717) is 6.04 Å². The molecule has 0 fully saturated rings. The maximum atomic E-state index is 3.67. The van der Waals surface area contributed by atoms with E-state index in [1.165, 1.54) is 19.8 Å². The first kappa shape index (κ1) is 16.1. The molecule has 0 radical (unpaired) electrons. The molecular formula is C16H20BrNS2. The van der Waals surface area contributed by atoms with Gasteiger partial charge in [-0.1, -0.05) is 19.1 Å². The lowest BCUT2D eigenvalue weighted by Crippen LogP contribution is -2.23. The summed E-state index contributed by atoms with van der Waals surface area (Å²) in [5.74, 6) is 0. The Morgan fingerprint density at radius 3 is 2.60 bits per heavy atom. The first-order chi connectivity index (χ1) is 9.72. The molecule has 4 heteroatoms. The molecule has 0 saturated heterocycles. The molecule has 108 valence electrons. The number of thioether (sulfide) groups is 1. The summed E-state index contributed by atoms with van der Waals surface area (Å²) in [6.07, 6.45) is 4.33. The molecule has 2 aromatic rings. The van der Waals surface area contributed by atoms with Crippen LogP contribution in [0.4, 0.5) is 0 Å². The highest BCUT2D eigenvalue weighted by Crippen LogP contribution is 2.26. The fourth-order valence-electron chi connectivity index (χ4n) is 2.12. The van der Waals surface area contributed by atoms with Crippen LogP contribution in [0.2, 0.25) is 0 Å². The van der Waals surface area contributed by atoms with Gasteiger partial charge in [-0.15, -0.1) is 23.1 Å². The normalized spacial score (nSPS) is 12.6. The number of benzene rings is 1. The maximum absolute atomic E-state index is 3.67. The van der Waals surface area contributed by atoms with E-state index in [0.717, 1.165) is 19.4 Å². The van der Waals surface area contributed by atoms with Gasteiger partial charge in [0.25, 0.3) is 0 Å². The molecular weight excluding hydrogens is 350 g/mol. The van der Waals surface area contributed by atoms with Crippen LogP contribution in [0.15, 0.2) is 45.1 Å². The van der Waals surface area contributed by atoms with Crippen molar-refractivity contribution in [3.63, 3.8) is 0 Å². The van der Waals surface area contributed by atoms with Crippen LogP contribution in [0.5, 0.6) is 0 Å². The van der Waals surface area contributed by atoms with Gasteiger partial charge in [0.15, 0.2) is 0 Å². The minimum Gasteiger partial charge on any atom is -0.310 e. The molecule has 1 atom stereocenters. The highest BCUT2D eigenvalue weighted by molar-refractivity contribution is 9.10. The van der Waals surface area contributed by atoms with Gasteiger partial charge >= 0.3 is 0 Å². The molecule has 1 aromatic heterocycles. The van der Waals surface area contributed by atoms with Gasteiger partial charge in [-0.3, -0.25) is 0 Å². The third kappa shape index (κ3) is 4.62. The topological polar surface area (TPSA) is 12.0 Å². The van der Waals surface area contributed by atoms with Crippen molar-refractivity contribution >= 4 is 39.0 Å². The Morgan fingerprint density at radius 1 is 1.30 bits per heavy atom. The van der Waals surface area contributed by atoms with Gasteiger partial charge in [-0.25, -0.2) is 0 Å². The predicted molar refractivity (Wildman–Crippen MR) is 95.0 cm³/mol. The molecule has 2 rings (SSSR count). The highest BCUT2D eigenvalue weighted by atomic mass is 79.9. The second-order valence-corrected chi connectivity index (χ2v) is 7.51. The molecule has 1 N–H and O–H groups in total. The number of nitrogens with one attached hydrogen (secondary N) is 1. The zero-order chi connectivity index (χ0) is 14.4. The molecule has 0 bridgehead atoms. The van der Waals surface area contributed by atoms with Crippen molar-refractivity contribution < 1.29 is 0 Å². The number of halogens is 1. The van der Waals surface area contributed by atoms with Crippen LogP contribution in [0, 0.1) is 0 Å². The predicted octanol–water partition coefficient (Wildman–Crippen LogP) is 5.52. The Hall–Kier alpha value is -0.290. The standard InChI is InChI=1S/C16H20BrNS2/c1-3-8-18-16(10-15-9-13(17)11-20-15)12-4-6-14(19-2)7-5-12/h4-7,9,11,16,18H,3,8,10H2,1-2H3. The summed E-state index contributed by atoms with van der Waals surface area (Å²) in [6, 6.07) is 11.6. The van der Waals surface area contributed by atoms with E-state index in [9.17, 15) is 0 Å². The van der Waals surface area contributed by atoms with E-state index in [2.05, 4.69) is 70.1 Å². The van der Waals surface area contributed by atoms with Gasteiger partial charge in [-0.05, 0) is 58.9 Å². The second-order valence-electron chi connectivity index (χ2n) is 4.72. The van der Waals surface area contributed by atoms with Crippen molar-refractivity contribution in [2.45, 2.75) is 30.7 Å². The van der Waals surface area contributed by atoms with Crippen LogP contribution in [0.25, 0.3) is 0 Å². The van der Waals surface area contributed by atoms with E-state index in [4.69, 9.17) is 0 Å². The summed E-state index contributed by atoms with van der Waals surface area (Å²) in [6.45, 7) is 3.27. The lowest BCUT2D eigenvalue weighted by molar-refractivity contribution is 0.532. The zero-order valence-electron chi connectivity index (χ0n) is 11.9. The van der Waals surface area contributed by atoms with Crippen molar-refractivity contribution in [3.8, 4) is 0 Å². The summed E-state index contributed by atoms with van der Waals surface area (Å²) in [5, 5.41) is 5.82. The molecule has 0 aliphatic heterocycles. The van der Waals surface area contributed by atoms with Gasteiger partial charge in [-0.2, -0.15) is 0 Å². The van der Waals surface area contributed by atoms with E-state index in [1.807, 2.05) is 11.3 Å². The van der Waals surface area contributed by atoms with Crippen molar-refractivity contribution in [3.05, 3.63) is 50.6 Å². The molecule has 0 aliphatic rings. The number of hydrogen-bond acceptors (Lipinski definition) is 3. The lowest BCUT2D eigenvalue weighted by Gasteiger charge is -2.18. The minimum atomic E-state index is 0.399. The monoisotopic (exact) mass is 369 g/mol. The van der Waals surface area contributed by atoms with E-state index in [-0.39, 0.29) is 0 Å². The number of thiophene rings is 1. The molecule has 1 heterocycles. The fourth-order valence-corrected chi connectivity index (χ4v) is 4.03. The SMILES string of the molecule is CCCNC(Cc1cc(Br)cs1)c1ccc(SC)cc1. The van der Waals surface area contributed by atoms with Crippen molar-refractivity contribution in [2.75, 3.05) is 12.8 Å². The first-order valence-corrected chi connectivity index (χ1v) is 9.73. The summed E-state index contributed by atoms with van der Waals surface area (Å²) in [4.78, 5) is 2.74. The van der Waals surface area contributed by atoms with Gasteiger partial charge in [0.1, 0.15) is 0 Å². The average Bonchev–Trinajstić information content (AvgIpc) is 2.89. The first-order valence-electron chi connectivity index (χ1n) is 6.83. The van der Waals surface area contributed by atoms with Crippen LogP contribution in [-0.4, -0.2) is 12.8 Å². The largest absolute Gasteiger partial charge is 0.310 e. The maximum Gasteiger partial charge on any atom is 0.0368 e. The third-order valence-corrected chi connectivity index (χ3v) is 5.65. The molecule has 1 unspecified atom stereocenters. The van der Waals surface area contributed by atoms with Gasteiger partial charge < -0.3 is 5.32 Å². The van der Waals surface area contributed by atoms with Gasteiger partial charge in [0, 0.05) is 32.1 Å². The minimum absolute atomic E-state index is 0.399. The van der Waals surface area contributed by atoms with Crippen molar-refractivity contribution in [1.82, 2.24) is 5.32 Å². The molecule has 1 nitrogen and oxygen atoms in total. The lowest BCUT2D eigenvalue weighted by atomic mass is 10.0. The Bertz CT molecular complexity index is 522. The quantitative estimate of drug-likeness (QED) is 0.645. The van der Waals surface area contributed by atoms with Gasteiger partial charge in [0.2, 0.25) is 0 Å². The molecule has 20 heavy (non-hydrogen) atoms. The van der Waals surface area contributed by atoms with Crippen LogP contribution < -0.4 is 5.32 Å². The second kappa shape index (κ2) is 8.23. The summed E-state index contributed by atoms with van der Waals surface area (Å²) in [5.41, 5.74) is 1.38. The molecule has 0 aliphatic carbocycles. The van der Waals surface area contributed by atoms with Gasteiger partial charge in [0.05, 0.1) is 0 Å².